The molecule has 2 aromatic heterocycles. The van der Waals surface area contributed by atoms with Gasteiger partial charge in [-0.25, -0.2) is 4.98 Å². The minimum atomic E-state index is -0.250. The van der Waals surface area contributed by atoms with E-state index in [9.17, 15) is 4.79 Å². The van der Waals surface area contributed by atoms with Gasteiger partial charge in [0.05, 0.1) is 12.0 Å². The van der Waals surface area contributed by atoms with Crippen LogP contribution in [-0.4, -0.2) is 26.1 Å². The van der Waals surface area contributed by atoms with Gasteiger partial charge in [0.1, 0.15) is 5.82 Å². The topological polar surface area (TPSA) is 83.6 Å². The number of amides is 1. The fourth-order valence-corrected chi connectivity index (χ4v) is 4.24. The second kappa shape index (κ2) is 8.99. The van der Waals surface area contributed by atoms with Gasteiger partial charge in [-0.2, -0.15) is 5.10 Å². The smallest absolute Gasteiger partial charge is 0.228 e. The number of carbonyl (C=O) groups excluding carboxylic acids is 1. The van der Waals surface area contributed by atoms with Crippen molar-refractivity contribution in [2.45, 2.75) is 51.0 Å². The number of benzene rings is 1. The van der Waals surface area contributed by atoms with Gasteiger partial charge in [0.15, 0.2) is 5.82 Å². The van der Waals surface area contributed by atoms with Crippen LogP contribution in [0, 0.1) is 5.92 Å². The molecule has 0 aliphatic heterocycles. The highest BCUT2D eigenvalue weighted by atomic mass is 16.2. The molecule has 1 aromatic carbocycles. The molecule has 6 nitrogen and oxygen atoms in total. The van der Waals surface area contributed by atoms with Crippen molar-refractivity contribution in [2.75, 3.05) is 0 Å². The molecule has 0 bridgehead atoms. The number of nitrogens with zero attached hydrogens (tertiary/aromatic N) is 3. The summed E-state index contributed by atoms with van der Waals surface area (Å²) in [4.78, 5) is 21.9. The molecule has 29 heavy (non-hydrogen) atoms. The second-order valence-electron chi connectivity index (χ2n) is 7.80. The van der Waals surface area contributed by atoms with Crippen LogP contribution in [0.4, 0.5) is 0 Å². The SMILES string of the molecule is C[C@H](NC(=O)[C@@H](c1ccccc1)C1CCCCC1)c1nc(-c2ccncc2)n[nH]1. The summed E-state index contributed by atoms with van der Waals surface area (Å²) in [6.45, 7) is 1.94. The minimum absolute atomic E-state index is 0.0671. The lowest BCUT2D eigenvalue weighted by Gasteiger charge is -2.30. The summed E-state index contributed by atoms with van der Waals surface area (Å²) in [7, 11) is 0. The van der Waals surface area contributed by atoms with Crippen LogP contribution in [0.5, 0.6) is 0 Å². The largest absolute Gasteiger partial charge is 0.346 e. The van der Waals surface area contributed by atoms with Crippen molar-refractivity contribution >= 4 is 5.91 Å². The lowest BCUT2D eigenvalue weighted by molar-refractivity contribution is -0.124. The summed E-state index contributed by atoms with van der Waals surface area (Å²) in [6, 6.07) is 13.6. The third-order valence-electron chi connectivity index (χ3n) is 5.77. The molecule has 1 aliphatic carbocycles. The van der Waals surface area contributed by atoms with Gasteiger partial charge in [-0.15, -0.1) is 0 Å². The monoisotopic (exact) mass is 389 g/mol. The molecule has 2 N–H and O–H groups in total. The Balaban J connectivity index is 1.50. The Labute approximate surface area is 171 Å². The van der Waals surface area contributed by atoms with Crippen LogP contribution in [0.15, 0.2) is 54.9 Å². The highest BCUT2D eigenvalue weighted by molar-refractivity contribution is 5.84. The predicted octanol–water partition coefficient (Wildman–Crippen LogP) is 4.41. The Morgan fingerprint density at radius 2 is 1.79 bits per heavy atom. The van der Waals surface area contributed by atoms with Crippen LogP contribution in [0.1, 0.15) is 62.4 Å². The van der Waals surface area contributed by atoms with Crippen LogP contribution in [0.25, 0.3) is 11.4 Å². The average molecular weight is 390 g/mol. The van der Waals surface area contributed by atoms with E-state index in [-0.39, 0.29) is 17.9 Å². The van der Waals surface area contributed by atoms with Gasteiger partial charge in [-0.05, 0) is 43.4 Å². The lowest BCUT2D eigenvalue weighted by atomic mass is 9.76. The number of hydrogen-bond donors (Lipinski definition) is 2. The molecule has 1 aliphatic rings. The maximum atomic E-state index is 13.3. The number of hydrogen-bond acceptors (Lipinski definition) is 4. The van der Waals surface area contributed by atoms with Crippen molar-refractivity contribution in [3.05, 3.63) is 66.2 Å². The lowest BCUT2D eigenvalue weighted by Crippen LogP contribution is -2.36. The first-order valence-corrected chi connectivity index (χ1v) is 10.4. The van der Waals surface area contributed by atoms with Crippen molar-refractivity contribution < 1.29 is 4.79 Å². The van der Waals surface area contributed by atoms with E-state index >= 15 is 0 Å². The summed E-state index contributed by atoms with van der Waals surface area (Å²) in [5.74, 6) is 1.59. The second-order valence-corrected chi connectivity index (χ2v) is 7.80. The summed E-state index contributed by atoms with van der Waals surface area (Å²) < 4.78 is 0. The van der Waals surface area contributed by atoms with Gasteiger partial charge in [-0.1, -0.05) is 49.6 Å². The molecule has 0 spiro atoms. The molecule has 2 atom stereocenters. The highest BCUT2D eigenvalue weighted by Gasteiger charge is 2.32. The van der Waals surface area contributed by atoms with Gasteiger partial charge in [0.2, 0.25) is 5.91 Å². The van der Waals surface area contributed by atoms with Gasteiger partial charge < -0.3 is 5.32 Å². The first-order valence-electron chi connectivity index (χ1n) is 10.4. The third-order valence-corrected chi connectivity index (χ3v) is 5.77. The fraction of sp³-hybridized carbons (Fsp3) is 0.391. The van der Waals surface area contributed by atoms with E-state index in [1.54, 1.807) is 12.4 Å². The highest BCUT2D eigenvalue weighted by Crippen LogP contribution is 2.36. The number of nitrogens with one attached hydrogen (secondary N) is 2. The average Bonchev–Trinajstić information content (AvgIpc) is 3.27. The number of aromatic amines is 1. The van der Waals surface area contributed by atoms with Crippen LogP contribution in [0.2, 0.25) is 0 Å². The van der Waals surface area contributed by atoms with E-state index in [1.165, 1.54) is 19.3 Å². The van der Waals surface area contributed by atoms with Gasteiger partial charge in [-0.3, -0.25) is 14.9 Å². The van der Waals surface area contributed by atoms with Crippen LogP contribution >= 0.6 is 0 Å². The molecule has 0 unspecified atom stereocenters. The maximum Gasteiger partial charge on any atom is 0.228 e. The zero-order valence-corrected chi connectivity index (χ0v) is 16.7. The molecule has 1 amide bonds. The molecular weight excluding hydrogens is 362 g/mol. The summed E-state index contributed by atoms with van der Waals surface area (Å²) in [5, 5.41) is 10.4. The van der Waals surface area contributed by atoms with Gasteiger partial charge in [0, 0.05) is 18.0 Å². The number of aromatic nitrogens is 4. The normalized spacial score (nSPS) is 16.9. The van der Waals surface area contributed by atoms with Crippen LogP contribution in [0.3, 0.4) is 0 Å². The molecule has 6 heteroatoms. The van der Waals surface area contributed by atoms with Crippen molar-refractivity contribution in [3.63, 3.8) is 0 Å². The number of pyridine rings is 1. The molecule has 2 heterocycles. The van der Waals surface area contributed by atoms with E-state index in [1.807, 2.05) is 37.3 Å². The van der Waals surface area contributed by atoms with Crippen molar-refractivity contribution in [1.29, 1.82) is 0 Å². The van der Waals surface area contributed by atoms with Crippen molar-refractivity contribution in [1.82, 2.24) is 25.5 Å². The molecule has 1 fully saturated rings. The van der Waals surface area contributed by atoms with Crippen molar-refractivity contribution in [3.8, 4) is 11.4 Å². The minimum Gasteiger partial charge on any atom is -0.346 e. The summed E-state index contributed by atoms with van der Waals surface area (Å²) in [5.41, 5.74) is 1.99. The Morgan fingerprint density at radius 1 is 1.07 bits per heavy atom. The molecule has 1 saturated carbocycles. The van der Waals surface area contributed by atoms with Crippen LogP contribution < -0.4 is 5.32 Å². The van der Waals surface area contributed by atoms with Crippen molar-refractivity contribution in [2.24, 2.45) is 5.92 Å². The standard InChI is InChI=1S/C23H27N5O/c1-16(21-26-22(28-27-21)19-12-14-24-15-13-19)25-23(29)20(17-8-4-2-5-9-17)18-10-6-3-7-11-18/h2,4-5,8-9,12-16,18,20H,3,6-7,10-11H2,1H3,(H,25,29)(H,26,27,28)/t16-,20-/m0/s1. The summed E-state index contributed by atoms with van der Waals surface area (Å²) in [6.07, 6.45) is 9.32. The van der Waals surface area contributed by atoms with E-state index in [0.29, 0.717) is 17.6 Å². The Kier molecular flexibility index (Phi) is 5.98. The maximum absolute atomic E-state index is 13.3. The van der Waals surface area contributed by atoms with E-state index in [2.05, 4.69) is 37.6 Å². The first-order chi connectivity index (χ1) is 14.2. The Bertz CT molecular complexity index is 919. The Morgan fingerprint density at radius 3 is 2.52 bits per heavy atom. The molecule has 0 radical (unpaired) electrons. The molecule has 0 saturated heterocycles. The predicted molar refractivity (Wildman–Crippen MR) is 112 cm³/mol. The fourth-order valence-electron chi connectivity index (χ4n) is 4.24. The zero-order valence-electron chi connectivity index (χ0n) is 16.7. The van der Waals surface area contributed by atoms with Crippen LogP contribution in [-0.2, 0) is 4.79 Å². The third kappa shape index (κ3) is 4.53. The molecule has 3 aromatic rings. The zero-order chi connectivity index (χ0) is 20.1. The molecular formula is C23H27N5O. The quantitative estimate of drug-likeness (QED) is 0.654. The first kappa shape index (κ1) is 19.3. The number of carbonyl (C=O) groups is 1. The number of H-pyrrole nitrogens is 1. The van der Waals surface area contributed by atoms with Gasteiger partial charge >= 0.3 is 0 Å². The Hall–Kier alpha value is -3.02. The molecule has 150 valence electrons. The molecule has 4 rings (SSSR count). The van der Waals surface area contributed by atoms with Gasteiger partial charge in [0.25, 0.3) is 0 Å². The van der Waals surface area contributed by atoms with E-state index < -0.39 is 0 Å². The van der Waals surface area contributed by atoms with E-state index in [0.717, 1.165) is 24.0 Å². The van der Waals surface area contributed by atoms with E-state index in [4.69, 9.17) is 0 Å². The number of rotatable bonds is 6. The summed E-state index contributed by atoms with van der Waals surface area (Å²) >= 11 is 0.